The van der Waals surface area contributed by atoms with Crippen molar-refractivity contribution in [1.29, 1.82) is 0 Å². The van der Waals surface area contributed by atoms with Gasteiger partial charge in [0, 0.05) is 44.7 Å². The molecule has 0 saturated carbocycles. The van der Waals surface area contributed by atoms with E-state index in [1.54, 1.807) is 0 Å². The van der Waals surface area contributed by atoms with Crippen molar-refractivity contribution < 1.29 is 9.21 Å². The van der Waals surface area contributed by atoms with Crippen molar-refractivity contribution in [2.45, 2.75) is 70.9 Å². The zero-order chi connectivity index (χ0) is 19.5. The van der Waals surface area contributed by atoms with E-state index in [-0.39, 0.29) is 11.8 Å². The lowest BCUT2D eigenvalue weighted by Gasteiger charge is -2.42. The molecular formula is C21H35N5O2. The van der Waals surface area contributed by atoms with Gasteiger partial charge in [-0.05, 0) is 45.1 Å². The standard InChI is InChI=1S/C21H35N5O2/c1-16(2)20-23-22-19(28-20)15-24-12-7-18(8-13-24)26-11-5-6-17(14-26)21(27)25-9-3-4-10-25/h16-18H,3-15H2,1-2H3/t17-/m0/s1. The fourth-order valence-corrected chi connectivity index (χ4v) is 4.93. The Morgan fingerprint density at radius 3 is 2.46 bits per heavy atom. The largest absolute Gasteiger partial charge is 0.424 e. The van der Waals surface area contributed by atoms with E-state index in [1.165, 1.54) is 12.8 Å². The lowest BCUT2D eigenvalue weighted by Crippen LogP contribution is -2.51. The number of carbonyl (C=O) groups excluding carboxylic acids is 1. The van der Waals surface area contributed by atoms with Crippen molar-refractivity contribution in [3.63, 3.8) is 0 Å². The molecule has 0 aromatic carbocycles. The lowest BCUT2D eigenvalue weighted by molar-refractivity contribution is -0.136. The number of nitrogens with zero attached hydrogens (tertiary/aromatic N) is 5. The topological polar surface area (TPSA) is 65.7 Å². The van der Waals surface area contributed by atoms with E-state index >= 15 is 0 Å². The minimum absolute atomic E-state index is 0.220. The third-order valence-corrected chi connectivity index (χ3v) is 6.63. The quantitative estimate of drug-likeness (QED) is 0.771. The zero-order valence-electron chi connectivity index (χ0n) is 17.5. The van der Waals surface area contributed by atoms with Crippen LogP contribution in [0.15, 0.2) is 4.42 Å². The van der Waals surface area contributed by atoms with Crippen molar-refractivity contribution in [1.82, 2.24) is 24.9 Å². The molecule has 4 rings (SSSR count). The monoisotopic (exact) mass is 389 g/mol. The molecule has 0 unspecified atom stereocenters. The first-order valence-corrected chi connectivity index (χ1v) is 11.2. The predicted molar refractivity (Wildman–Crippen MR) is 107 cm³/mol. The molecule has 4 heterocycles. The summed E-state index contributed by atoms with van der Waals surface area (Å²) in [7, 11) is 0. The second-order valence-corrected chi connectivity index (χ2v) is 9.06. The Morgan fingerprint density at radius 1 is 1.04 bits per heavy atom. The highest BCUT2D eigenvalue weighted by molar-refractivity contribution is 5.79. The van der Waals surface area contributed by atoms with Crippen molar-refractivity contribution in [2.75, 3.05) is 39.3 Å². The number of rotatable bonds is 5. The number of piperidine rings is 2. The maximum Gasteiger partial charge on any atom is 0.230 e. The average molecular weight is 390 g/mol. The summed E-state index contributed by atoms with van der Waals surface area (Å²) in [6, 6.07) is 0.610. The average Bonchev–Trinajstić information content (AvgIpc) is 3.40. The van der Waals surface area contributed by atoms with Crippen molar-refractivity contribution in [2.24, 2.45) is 5.92 Å². The first-order valence-electron chi connectivity index (χ1n) is 11.2. The molecule has 3 saturated heterocycles. The molecule has 0 radical (unpaired) electrons. The summed E-state index contributed by atoms with van der Waals surface area (Å²) in [5, 5.41) is 8.34. The maximum atomic E-state index is 12.8. The fourth-order valence-electron chi connectivity index (χ4n) is 4.93. The van der Waals surface area contributed by atoms with Gasteiger partial charge in [-0.3, -0.25) is 14.6 Å². The molecule has 1 amide bonds. The maximum absolute atomic E-state index is 12.8. The van der Waals surface area contributed by atoms with Gasteiger partial charge in [-0.1, -0.05) is 13.8 Å². The van der Waals surface area contributed by atoms with Gasteiger partial charge >= 0.3 is 0 Å². The summed E-state index contributed by atoms with van der Waals surface area (Å²) >= 11 is 0. The molecular weight excluding hydrogens is 354 g/mol. The molecule has 3 fully saturated rings. The molecule has 3 aliphatic heterocycles. The Morgan fingerprint density at radius 2 is 1.79 bits per heavy atom. The highest BCUT2D eigenvalue weighted by atomic mass is 16.4. The van der Waals surface area contributed by atoms with Crippen LogP contribution in [0.4, 0.5) is 0 Å². The summed E-state index contributed by atoms with van der Waals surface area (Å²) in [6.45, 7) is 11.1. The van der Waals surface area contributed by atoms with Gasteiger partial charge in [-0.2, -0.15) is 0 Å². The second-order valence-electron chi connectivity index (χ2n) is 9.06. The molecule has 7 heteroatoms. The Kier molecular flexibility index (Phi) is 6.31. The summed E-state index contributed by atoms with van der Waals surface area (Å²) in [4.78, 5) is 19.9. The minimum atomic E-state index is 0.220. The van der Waals surface area contributed by atoms with E-state index in [0.717, 1.165) is 83.3 Å². The highest BCUT2D eigenvalue weighted by Gasteiger charge is 2.34. The second kappa shape index (κ2) is 8.91. The van der Waals surface area contributed by atoms with E-state index in [9.17, 15) is 4.79 Å². The van der Waals surface area contributed by atoms with Crippen LogP contribution in [-0.2, 0) is 11.3 Å². The van der Waals surface area contributed by atoms with Crippen LogP contribution in [0.25, 0.3) is 0 Å². The van der Waals surface area contributed by atoms with Crippen LogP contribution in [0, 0.1) is 5.92 Å². The molecule has 1 aromatic rings. The molecule has 28 heavy (non-hydrogen) atoms. The SMILES string of the molecule is CC(C)c1nnc(CN2CCC(N3CCC[C@H](C(=O)N4CCCC4)C3)CC2)o1. The van der Waals surface area contributed by atoms with Gasteiger partial charge in [0.1, 0.15) is 0 Å². The fraction of sp³-hybridized carbons (Fsp3) is 0.857. The van der Waals surface area contributed by atoms with E-state index in [4.69, 9.17) is 4.42 Å². The van der Waals surface area contributed by atoms with Crippen LogP contribution < -0.4 is 0 Å². The number of aromatic nitrogens is 2. The molecule has 0 N–H and O–H groups in total. The molecule has 0 aliphatic carbocycles. The van der Waals surface area contributed by atoms with Crippen molar-refractivity contribution in [3.8, 4) is 0 Å². The van der Waals surface area contributed by atoms with E-state index in [0.29, 0.717) is 11.9 Å². The first kappa shape index (κ1) is 19.8. The van der Waals surface area contributed by atoms with Crippen LogP contribution >= 0.6 is 0 Å². The van der Waals surface area contributed by atoms with E-state index in [1.807, 2.05) is 0 Å². The third-order valence-electron chi connectivity index (χ3n) is 6.63. The summed E-state index contributed by atoms with van der Waals surface area (Å²) in [5.74, 6) is 2.38. The molecule has 3 aliphatic rings. The van der Waals surface area contributed by atoms with Crippen molar-refractivity contribution >= 4 is 5.91 Å². The predicted octanol–water partition coefficient (Wildman–Crippen LogP) is 2.49. The number of hydrogen-bond donors (Lipinski definition) is 0. The molecule has 0 spiro atoms. The lowest BCUT2D eigenvalue weighted by atomic mass is 9.93. The van der Waals surface area contributed by atoms with Gasteiger partial charge in [0.15, 0.2) is 0 Å². The zero-order valence-corrected chi connectivity index (χ0v) is 17.5. The van der Waals surface area contributed by atoms with Gasteiger partial charge < -0.3 is 9.32 Å². The normalized spacial score (nSPS) is 25.7. The van der Waals surface area contributed by atoms with Crippen LogP contribution in [0.3, 0.4) is 0 Å². The Hall–Kier alpha value is -1.47. The van der Waals surface area contributed by atoms with Gasteiger partial charge in [0.05, 0.1) is 12.5 Å². The Bertz CT molecular complexity index is 647. The number of amides is 1. The van der Waals surface area contributed by atoms with Crippen LogP contribution in [0.1, 0.15) is 70.1 Å². The molecule has 7 nitrogen and oxygen atoms in total. The highest BCUT2D eigenvalue weighted by Crippen LogP contribution is 2.26. The number of carbonyl (C=O) groups is 1. The van der Waals surface area contributed by atoms with Crippen LogP contribution in [-0.4, -0.2) is 76.1 Å². The molecule has 0 bridgehead atoms. The van der Waals surface area contributed by atoms with Crippen LogP contribution in [0.5, 0.6) is 0 Å². The van der Waals surface area contributed by atoms with E-state index < -0.39 is 0 Å². The summed E-state index contributed by atoms with van der Waals surface area (Å²) in [6.07, 6.45) is 6.91. The van der Waals surface area contributed by atoms with E-state index in [2.05, 4.69) is 38.7 Å². The van der Waals surface area contributed by atoms with Gasteiger partial charge in [0.2, 0.25) is 17.7 Å². The van der Waals surface area contributed by atoms with Gasteiger partial charge in [-0.15, -0.1) is 10.2 Å². The molecule has 1 aromatic heterocycles. The smallest absolute Gasteiger partial charge is 0.230 e. The number of hydrogen-bond acceptors (Lipinski definition) is 6. The Balaban J connectivity index is 1.25. The molecule has 156 valence electrons. The van der Waals surface area contributed by atoms with Gasteiger partial charge in [-0.25, -0.2) is 0 Å². The van der Waals surface area contributed by atoms with Gasteiger partial charge in [0.25, 0.3) is 0 Å². The minimum Gasteiger partial charge on any atom is -0.424 e. The first-order chi connectivity index (χ1) is 13.6. The van der Waals surface area contributed by atoms with Crippen molar-refractivity contribution in [3.05, 3.63) is 11.8 Å². The Labute approximate surface area is 168 Å². The number of likely N-dealkylation sites (tertiary alicyclic amines) is 3. The third kappa shape index (κ3) is 4.57. The molecule has 1 atom stereocenters. The summed E-state index contributed by atoms with van der Waals surface area (Å²) < 4.78 is 5.76. The summed E-state index contributed by atoms with van der Waals surface area (Å²) in [5.41, 5.74) is 0. The van der Waals surface area contributed by atoms with Crippen LogP contribution in [0.2, 0.25) is 0 Å².